The Kier molecular flexibility index (Phi) is 8.78. The van der Waals surface area contributed by atoms with Gasteiger partial charge in [-0.25, -0.2) is 0 Å². The minimum Gasteiger partial charge on any atom is -0.490 e. The number of hydrogen-bond acceptors (Lipinski definition) is 4. The monoisotopic (exact) mass is 460 g/mol. The Morgan fingerprint density at radius 3 is 1.68 bits per heavy atom. The topological polar surface area (TPSA) is 36.9 Å². The number of ether oxygens (including phenoxy) is 4. The normalized spacial score (nSPS) is 13.1. The molecule has 0 amide bonds. The van der Waals surface area contributed by atoms with Crippen LogP contribution in [-0.4, -0.2) is 32.0 Å². The maximum atomic E-state index is 6.02. The first-order valence-electron chi connectivity index (χ1n) is 11.7. The quantitative estimate of drug-likeness (QED) is 0.227. The van der Waals surface area contributed by atoms with Crippen LogP contribution in [-0.2, 0) is 4.74 Å². The van der Waals surface area contributed by atoms with Gasteiger partial charge in [0.2, 0.25) is 0 Å². The number of benzene rings is 3. The molecule has 0 saturated carbocycles. The largest absolute Gasteiger partial charge is 0.490 e. The molecule has 0 N–H and O–H groups in total. The van der Waals surface area contributed by atoms with Gasteiger partial charge in [-0.1, -0.05) is 49.1 Å². The summed E-state index contributed by atoms with van der Waals surface area (Å²) in [6, 6.07) is 24.9. The van der Waals surface area contributed by atoms with Crippen LogP contribution in [0.4, 0.5) is 0 Å². The van der Waals surface area contributed by atoms with Crippen LogP contribution in [0, 0.1) is 0 Å². The summed E-state index contributed by atoms with van der Waals surface area (Å²) in [5, 5.41) is 0. The predicted octanol–water partition coefficient (Wildman–Crippen LogP) is 7.02. The molecule has 180 valence electrons. The zero-order valence-corrected chi connectivity index (χ0v) is 20.9. The van der Waals surface area contributed by atoms with Crippen LogP contribution in [0.25, 0.3) is 0 Å². The summed E-state index contributed by atoms with van der Waals surface area (Å²) in [6.45, 7) is 12.9. The highest BCUT2D eigenvalue weighted by molar-refractivity contribution is 5.47. The standard InChI is InChI=1S/C30H36O4/c1-7-20-32-26-14-8-23(9-15-26)29(25-12-18-28(19-13-25)34-30(3,4)5)24-10-16-27(17-11-24)33-22(2)21-31-6/h7-19,22,29H,1,20-21H2,2-6H3. The van der Waals surface area contributed by atoms with Crippen molar-refractivity contribution >= 4 is 0 Å². The Bertz CT molecular complexity index is 1020. The highest BCUT2D eigenvalue weighted by atomic mass is 16.5. The van der Waals surface area contributed by atoms with Crippen molar-refractivity contribution in [3.05, 3.63) is 102 Å². The molecule has 0 saturated heterocycles. The fraction of sp³-hybridized carbons (Fsp3) is 0.333. The van der Waals surface area contributed by atoms with Gasteiger partial charge in [0.15, 0.2) is 0 Å². The van der Waals surface area contributed by atoms with Gasteiger partial charge in [0.05, 0.1) is 6.61 Å². The van der Waals surface area contributed by atoms with Crippen LogP contribution >= 0.6 is 0 Å². The molecule has 4 heteroatoms. The first-order chi connectivity index (χ1) is 16.3. The second-order valence-corrected chi connectivity index (χ2v) is 9.34. The van der Waals surface area contributed by atoms with E-state index in [2.05, 4.69) is 63.7 Å². The number of methoxy groups -OCH3 is 1. The van der Waals surface area contributed by atoms with Crippen LogP contribution < -0.4 is 14.2 Å². The molecule has 2 unspecified atom stereocenters. The fourth-order valence-corrected chi connectivity index (χ4v) is 3.81. The third-order valence-electron chi connectivity index (χ3n) is 5.17. The first-order valence-corrected chi connectivity index (χ1v) is 11.7. The van der Waals surface area contributed by atoms with Gasteiger partial charge in [-0.3, -0.25) is 0 Å². The SMILES string of the molecule is C=CCOc1ccc(C(c2ccc(OC(C)COC)cc2)c2ccc(OC(C)(C)C)cc2)cc1. The molecule has 3 aromatic carbocycles. The van der Waals surface area contributed by atoms with Crippen molar-refractivity contribution in [3.63, 3.8) is 0 Å². The summed E-state index contributed by atoms with van der Waals surface area (Å²) < 4.78 is 22.8. The Balaban J connectivity index is 1.91. The molecule has 0 spiro atoms. The van der Waals surface area contributed by atoms with Gasteiger partial charge in [0, 0.05) is 13.0 Å². The van der Waals surface area contributed by atoms with Crippen LogP contribution in [0.1, 0.15) is 50.3 Å². The molecule has 3 rings (SSSR count). The fourth-order valence-electron chi connectivity index (χ4n) is 3.81. The van der Waals surface area contributed by atoms with E-state index in [9.17, 15) is 0 Å². The Labute approximate surface area is 204 Å². The summed E-state index contributed by atoms with van der Waals surface area (Å²) >= 11 is 0. The van der Waals surface area contributed by atoms with E-state index in [-0.39, 0.29) is 17.6 Å². The minimum atomic E-state index is -0.238. The molecular formula is C30H36O4. The predicted molar refractivity (Wildman–Crippen MR) is 138 cm³/mol. The van der Waals surface area contributed by atoms with E-state index in [1.807, 2.05) is 43.3 Å². The zero-order valence-electron chi connectivity index (χ0n) is 20.9. The van der Waals surface area contributed by atoms with Gasteiger partial charge in [-0.2, -0.15) is 0 Å². The average molecular weight is 461 g/mol. The van der Waals surface area contributed by atoms with Crippen molar-refractivity contribution in [1.29, 1.82) is 0 Å². The van der Waals surface area contributed by atoms with E-state index in [4.69, 9.17) is 18.9 Å². The highest BCUT2D eigenvalue weighted by Crippen LogP contribution is 2.35. The van der Waals surface area contributed by atoms with Crippen molar-refractivity contribution in [3.8, 4) is 17.2 Å². The van der Waals surface area contributed by atoms with Crippen molar-refractivity contribution in [1.82, 2.24) is 0 Å². The van der Waals surface area contributed by atoms with Gasteiger partial charge in [0.1, 0.15) is 35.6 Å². The lowest BCUT2D eigenvalue weighted by molar-refractivity contribution is 0.0921. The number of hydrogen-bond donors (Lipinski definition) is 0. The number of rotatable bonds is 11. The minimum absolute atomic E-state index is 0.00915. The molecule has 0 heterocycles. The molecule has 0 aliphatic rings. The average Bonchev–Trinajstić information content (AvgIpc) is 2.80. The van der Waals surface area contributed by atoms with Crippen molar-refractivity contribution in [2.24, 2.45) is 0 Å². The molecule has 0 radical (unpaired) electrons. The molecule has 0 fully saturated rings. The second kappa shape index (κ2) is 11.8. The molecule has 2 atom stereocenters. The van der Waals surface area contributed by atoms with Gasteiger partial charge in [-0.05, 0) is 80.8 Å². The lowest BCUT2D eigenvalue weighted by Gasteiger charge is -2.23. The van der Waals surface area contributed by atoms with E-state index in [1.54, 1.807) is 13.2 Å². The first kappa shape index (κ1) is 25.4. The lowest BCUT2D eigenvalue weighted by atomic mass is 9.85. The Morgan fingerprint density at radius 1 is 0.765 bits per heavy atom. The highest BCUT2D eigenvalue weighted by Gasteiger charge is 2.19. The van der Waals surface area contributed by atoms with Crippen LogP contribution in [0.15, 0.2) is 85.5 Å². The third kappa shape index (κ3) is 7.39. The molecule has 3 aromatic rings. The summed E-state index contributed by atoms with van der Waals surface area (Å²) in [4.78, 5) is 0. The molecule has 0 aliphatic heterocycles. The molecule has 0 aromatic heterocycles. The van der Waals surface area contributed by atoms with Crippen LogP contribution in [0.2, 0.25) is 0 Å². The Hall–Kier alpha value is -3.24. The maximum absolute atomic E-state index is 6.02. The molecule has 4 nitrogen and oxygen atoms in total. The van der Waals surface area contributed by atoms with E-state index in [1.165, 1.54) is 16.7 Å². The molecule has 0 aliphatic carbocycles. The summed E-state index contributed by atoms with van der Waals surface area (Å²) in [7, 11) is 1.68. The molecular weight excluding hydrogens is 424 g/mol. The van der Waals surface area contributed by atoms with E-state index < -0.39 is 0 Å². The van der Waals surface area contributed by atoms with Gasteiger partial charge in [0.25, 0.3) is 0 Å². The maximum Gasteiger partial charge on any atom is 0.120 e. The summed E-state index contributed by atoms with van der Waals surface area (Å²) in [5.41, 5.74) is 3.30. The van der Waals surface area contributed by atoms with E-state index >= 15 is 0 Å². The summed E-state index contributed by atoms with van der Waals surface area (Å²) in [6.07, 6.45) is 1.74. The van der Waals surface area contributed by atoms with Crippen LogP contribution in [0.3, 0.4) is 0 Å². The van der Waals surface area contributed by atoms with Gasteiger partial charge in [-0.15, -0.1) is 0 Å². The third-order valence-corrected chi connectivity index (χ3v) is 5.17. The van der Waals surface area contributed by atoms with Crippen molar-refractivity contribution in [2.75, 3.05) is 20.3 Å². The van der Waals surface area contributed by atoms with E-state index in [0.717, 1.165) is 17.2 Å². The lowest BCUT2D eigenvalue weighted by Crippen LogP contribution is -2.22. The van der Waals surface area contributed by atoms with Crippen LogP contribution in [0.5, 0.6) is 17.2 Å². The molecule has 0 bridgehead atoms. The second-order valence-electron chi connectivity index (χ2n) is 9.34. The van der Waals surface area contributed by atoms with E-state index in [0.29, 0.717) is 13.2 Å². The van der Waals surface area contributed by atoms with Gasteiger partial charge >= 0.3 is 0 Å². The smallest absolute Gasteiger partial charge is 0.120 e. The summed E-state index contributed by atoms with van der Waals surface area (Å²) in [5.74, 6) is 2.57. The Morgan fingerprint density at radius 2 is 1.24 bits per heavy atom. The van der Waals surface area contributed by atoms with Gasteiger partial charge < -0.3 is 18.9 Å². The zero-order chi connectivity index (χ0) is 24.6. The van der Waals surface area contributed by atoms with Crippen molar-refractivity contribution in [2.45, 2.75) is 45.3 Å². The van der Waals surface area contributed by atoms with Crippen molar-refractivity contribution < 1.29 is 18.9 Å². The molecule has 34 heavy (non-hydrogen) atoms.